The molecule has 16 nitrogen and oxygen atoms in total. The van der Waals surface area contributed by atoms with E-state index in [1.54, 1.807) is 54.2 Å². The van der Waals surface area contributed by atoms with Gasteiger partial charge in [0.1, 0.15) is 24.7 Å². The minimum atomic E-state index is -1.16. The molecular weight excluding hydrogens is 833 g/mol. The van der Waals surface area contributed by atoms with Gasteiger partial charge in [0, 0.05) is 47.0 Å². The van der Waals surface area contributed by atoms with Crippen molar-refractivity contribution in [2.24, 2.45) is 23.7 Å². The molecule has 2 unspecified atom stereocenters. The number of nitrogens with zero attached hydrogens (tertiary/aromatic N) is 3. The summed E-state index contributed by atoms with van der Waals surface area (Å²) in [6.07, 6.45) is 1.32. The number of rotatable bonds is 25. The number of amides is 5. The maximum atomic E-state index is 14.6. The van der Waals surface area contributed by atoms with Crippen LogP contribution >= 0.6 is 0 Å². The van der Waals surface area contributed by atoms with E-state index in [9.17, 15) is 33.9 Å². The Kier molecular flexibility index (Phi) is 21.4. The summed E-state index contributed by atoms with van der Waals surface area (Å²) in [6.45, 7) is 17.0. The van der Waals surface area contributed by atoms with Gasteiger partial charge in [-0.05, 0) is 60.1 Å². The normalized spacial score (nSPS) is 17.4. The van der Waals surface area contributed by atoms with Gasteiger partial charge in [0.25, 0.3) is 0 Å². The number of nitrogens with one attached hydrogen (secondary N) is 3. The Balaban J connectivity index is 1.76. The lowest BCUT2D eigenvalue weighted by Gasteiger charge is -2.41. The maximum absolute atomic E-state index is 14.6. The van der Waals surface area contributed by atoms with Crippen molar-refractivity contribution in [3.8, 4) is 0 Å². The van der Waals surface area contributed by atoms with Crippen LogP contribution in [0.2, 0.25) is 0 Å². The Morgan fingerprint density at radius 2 is 1.51 bits per heavy atom. The van der Waals surface area contributed by atoms with E-state index < -0.39 is 72.2 Å². The van der Waals surface area contributed by atoms with Crippen molar-refractivity contribution in [2.75, 3.05) is 40.2 Å². The van der Waals surface area contributed by atoms with Crippen LogP contribution in [0, 0.1) is 23.7 Å². The molecule has 0 aliphatic carbocycles. The molecule has 0 aromatic heterocycles. The van der Waals surface area contributed by atoms with Crippen molar-refractivity contribution in [1.82, 2.24) is 25.3 Å². The number of ether oxygens (including phenoxy) is 3. The molecule has 1 saturated heterocycles. The third kappa shape index (κ3) is 14.8. The number of benzene rings is 2. The summed E-state index contributed by atoms with van der Waals surface area (Å²) >= 11 is 0. The van der Waals surface area contributed by atoms with Gasteiger partial charge in [-0.3, -0.25) is 24.1 Å². The van der Waals surface area contributed by atoms with Crippen molar-refractivity contribution in [3.63, 3.8) is 0 Å². The van der Waals surface area contributed by atoms with Crippen LogP contribution in [0.3, 0.4) is 0 Å². The highest BCUT2D eigenvalue weighted by atomic mass is 16.6. The van der Waals surface area contributed by atoms with E-state index in [0.29, 0.717) is 25.8 Å². The number of carbonyl (C=O) groups excluding carboxylic acids is 5. The van der Waals surface area contributed by atoms with Gasteiger partial charge in [-0.15, -0.1) is 0 Å². The second-order valence-corrected chi connectivity index (χ2v) is 17.8. The van der Waals surface area contributed by atoms with Crippen LogP contribution in [-0.2, 0) is 51.2 Å². The van der Waals surface area contributed by atoms with E-state index in [0.717, 1.165) is 16.8 Å². The molecule has 4 N–H and O–H groups in total. The summed E-state index contributed by atoms with van der Waals surface area (Å²) in [5.41, 5.74) is 2.36. The molecular formula is C49H74N6O10. The van der Waals surface area contributed by atoms with E-state index in [1.807, 2.05) is 71.9 Å². The average Bonchev–Trinajstić information content (AvgIpc) is 3.77. The molecule has 65 heavy (non-hydrogen) atoms. The van der Waals surface area contributed by atoms with Crippen LogP contribution in [0.1, 0.15) is 85.3 Å². The van der Waals surface area contributed by atoms with Gasteiger partial charge >= 0.3 is 12.1 Å². The molecule has 1 aliphatic heterocycles. The van der Waals surface area contributed by atoms with E-state index >= 15 is 0 Å². The number of carbonyl (C=O) groups is 6. The van der Waals surface area contributed by atoms with Crippen molar-refractivity contribution >= 4 is 41.4 Å². The van der Waals surface area contributed by atoms with Crippen molar-refractivity contribution in [1.29, 1.82) is 0 Å². The number of carboxylic acid groups (broad SMARTS) is 1. The maximum Gasteiger partial charge on any atom is 0.410 e. The van der Waals surface area contributed by atoms with Gasteiger partial charge in [-0.25, -0.2) is 9.59 Å². The van der Waals surface area contributed by atoms with E-state index in [4.69, 9.17) is 14.2 Å². The van der Waals surface area contributed by atoms with E-state index in [-0.39, 0.29) is 49.0 Å². The number of hydrogen-bond donors (Lipinski definition) is 4. The SMILES string of the molecule is C=CNc1ccc(COC(=O)N(C)[C@H](C(=O)NC(C(=O)N(C)C([C@@H](C)CC)[C@@H](CC(=O)N2CCC[C@H]2[C@H](OC)[C@@H](C)C(=O)N[C@@H](Cc2ccccc2)C(=O)O)OC)C(C)C)C(C)C)cc1. The number of carboxylic acids is 1. The summed E-state index contributed by atoms with van der Waals surface area (Å²) < 4.78 is 17.5. The fourth-order valence-electron chi connectivity index (χ4n) is 8.73. The van der Waals surface area contributed by atoms with Gasteiger partial charge in [0.05, 0.1) is 36.6 Å². The highest BCUT2D eigenvalue weighted by Gasteiger charge is 2.44. The Bertz CT molecular complexity index is 1880. The number of likely N-dealkylation sites (tertiary alicyclic amines) is 1. The van der Waals surface area contributed by atoms with E-state index in [2.05, 4.69) is 22.5 Å². The summed E-state index contributed by atoms with van der Waals surface area (Å²) in [5, 5.41) is 18.5. The fourth-order valence-corrected chi connectivity index (χ4v) is 8.73. The van der Waals surface area contributed by atoms with Crippen LogP contribution in [-0.4, -0.2) is 133 Å². The van der Waals surface area contributed by atoms with Crippen LogP contribution in [0.25, 0.3) is 0 Å². The zero-order chi connectivity index (χ0) is 48.5. The second kappa shape index (κ2) is 25.9. The molecule has 0 spiro atoms. The highest BCUT2D eigenvalue weighted by Crippen LogP contribution is 2.30. The summed E-state index contributed by atoms with van der Waals surface area (Å²) in [5.74, 6) is -4.38. The standard InChI is InChI=1S/C49H74N6O10/c1-13-32(7)43(53(9)47(59)41(30(3)4)52-46(58)42(31(5)6)54(10)49(62)65-29-35-22-24-36(25-23-35)50-14-2)39(63-11)28-40(56)55-26-18-21-38(55)44(64-12)33(8)45(57)51-37(48(60)61)27-34-19-16-15-17-20-34/h14-17,19-20,22-25,30-33,37-39,41-44,50H,2,13,18,21,26-29H2,1,3-12H3,(H,51,57)(H,52,58)(H,60,61)/t32-,33+,37-,38-,39+,41?,42-,43?,44+/m0/s1. The van der Waals surface area contributed by atoms with Gasteiger partial charge in [0.2, 0.25) is 23.6 Å². The van der Waals surface area contributed by atoms with Gasteiger partial charge in [-0.2, -0.15) is 0 Å². The molecule has 2 aromatic rings. The quantitative estimate of drug-likeness (QED) is 0.0954. The number of hydrogen-bond acceptors (Lipinski definition) is 10. The molecule has 360 valence electrons. The van der Waals surface area contributed by atoms with E-state index in [1.165, 1.54) is 26.2 Å². The first-order valence-corrected chi connectivity index (χ1v) is 22.7. The molecule has 5 amide bonds. The van der Waals surface area contributed by atoms with Gasteiger partial charge in [0.15, 0.2) is 0 Å². The number of methoxy groups -OCH3 is 2. The molecule has 1 aliphatic rings. The number of aliphatic carboxylic acids is 1. The molecule has 9 atom stereocenters. The van der Waals surface area contributed by atoms with Crippen LogP contribution in [0.4, 0.5) is 10.5 Å². The summed E-state index contributed by atoms with van der Waals surface area (Å²) in [6, 6.07) is 12.2. The van der Waals surface area contributed by atoms with Crippen LogP contribution in [0.15, 0.2) is 67.4 Å². The molecule has 1 heterocycles. The van der Waals surface area contributed by atoms with Gasteiger partial charge < -0.3 is 45.1 Å². The Morgan fingerprint density at radius 3 is 2.05 bits per heavy atom. The molecule has 2 aromatic carbocycles. The fraction of sp³-hybridized carbons (Fsp3) is 0.592. The predicted octanol–water partition coefficient (Wildman–Crippen LogP) is 5.71. The van der Waals surface area contributed by atoms with Crippen molar-refractivity contribution in [2.45, 2.75) is 130 Å². The lowest BCUT2D eigenvalue weighted by atomic mass is 9.89. The first kappa shape index (κ1) is 53.9. The molecule has 16 heteroatoms. The Morgan fingerprint density at radius 1 is 0.862 bits per heavy atom. The van der Waals surface area contributed by atoms with Gasteiger partial charge in [-0.1, -0.05) is 104 Å². The Labute approximate surface area is 385 Å². The molecule has 0 saturated carbocycles. The minimum absolute atomic E-state index is 0.00570. The molecule has 1 fully saturated rings. The third-order valence-electron chi connectivity index (χ3n) is 12.6. The zero-order valence-electron chi connectivity index (χ0n) is 40.2. The minimum Gasteiger partial charge on any atom is -0.480 e. The molecule has 3 rings (SSSR count). The largest absolute Gasteiger partial charge is 0.480 e. The van der Waals surface area contributed by atoms with Crippen LogP contribution < -0.4 is 16.0 Å². The lowest BCUT2D eigenvalue weighted by molar-refractivity contribution is -0.148. The summed E-state index contributed by atoms with van der Waals surface area (Å²) in [7, 11) is 6.14. The Hall–Kier alpha value is -5.48. The number of anilines is 1. The predicted molar refractivity (Wildman–Crippen MR) is 249 cm³/mol. The first-order chi connectivity index (χ1) is 30.8. The topological polar surface area (TPSA) is 196 Å². The monoisotopic (exact) mass is 907 g/mol. The molecule has 0 radical (unpaired) electrons. The zero-order valence-corrected chi connectivity index (χ0v) is 40.2. The number of likely N-dealkylation sites (N-methyl/N-ethyl adjacent to an activating group) is 2. The summed E-state index contributed by atoms with van der Waals surface area (Å²) in [4.78, 5) is 86.5. The highest BCUT2D eigenvalue weighted by molar-refractivity contribution is 5.92. The van der Waals surface area contributed by atoms with Crippen molar-refractivity contribution < 1.29 is 48.1 Å². The molecule has 0 bridgehead atoms. The van der Waals surface area contributed by atoms with Crippen LogP contribution in [0.5, 0.6) is 0 Å². The van der Waals surface area contributed by atoms with Crippen molar-refractivity contribution in [3.05, 3.63) is 78.5 Å². The lowest BCUT2D eigenvalue weighted by Crippen LogP contribution is -2.60. The smallest absolute Gasteiger partial charge is 0.410 e. The first-order valence-electron chi connectivity index (χ1n) is 22.7. The second-order valence-electron chi connectivity index (χ2n) is 17.8. The average molecular weight is 907 g/mol. The third-order valence-corrected chi connectivity index (χ3v) is 12.6.